The Bertz CT molecular complexity index is 4310. The SMILES string of the molecule is [2H]c1c([2H])c2c(c([2H])c1-c1cnc(Nc3cccc(-c4ccccc4)c3-c3ccc(Oc4cccc(N5CN(c6c(-c7cccc(C(C)(C)C)c7)cccc6-c6ccccc6C(C)(C)C)c6ccccc65)c4)cc3)cc1C([2H])([2H])[2H])C(C)(C)CCC2(C)C. The van der Waals surface area contributed by atoms with Crippen LogP contribution in [-0.4, -0.2) is 11.7 Å². The van der Waals surface area contributed by atoms with Gasteiger partial charge in [0.15, 0.2) is 0 Å². The number of hydrogen-bond donors (Lipinski definition) is 1. The van der Waals surface area contributed by atoms with Gasteiger partial charge in [0, 0.05) is 50.0 Å². The monoisotopic (exact) mass is 1080 g/mol. The standard InChI is InChI=1S/C77H76N4O/c1-51-45-71(78-49-64(51)55-39-42-66-67(47-55)77(10,11)44-43-76(66,8)9)79-68-34-22-30-60(52-23-13-12-14-24-52)72(68)53-37-40-58(41-38-53)82-59-28-20-27-57(48-59)80-50-81(70-36-18-17-35-69(70)80)73-61(54-25-19-26-56(46-54)74(2,3)4)31-21-32-63(73)62-29-15-16-33-65(62)75(5,6)7/h12-42,45-49H,43-44,50H2,1-11H3,(H,78,79)/i1D3,39D,42D,47D. The van der Waals surface area contributed by atoms with Crippen LogP contribution in [0.25, 0.3) is 55.6 Å². The van der Waals surface area contributed by atoms with Crippen molar-refractivity contribution in [3.05, 3.63) is 246 Å². The fourth-order valence-electron chi connectivity index (χ4n) is 12.1. The van der Waals surface area contributed by atoms with Crippen molar-refractivity contribution in [2.45, 2.75) is 111 Å². The van der Waals surface area contributed by atoms with Crippen LogP contribution in [0, 0.1) is 6.85 Å². The highest BCUT2D eigenvalue weighted by Gasteiger charge is 2.38. The predicted molar refractivity (Wildman–Crippen MR) is 347 cm³/mol. The zero-order chi connectivity index (χ0) is 62.2. The van der Waals surface area contributed by atoms with Gasteiger partial charge in [-0.05, 0) is 151 Å². The number of aryl methyl sites for hydroxylation is 1. The summed E-state index contributed by atoms with van der Waals surface area (Å²) in [5.41, 5.74) is 16.7. The van der Waals surface area contributed by atoms with Gasteiger partial charge in [-0.1, -0.05) is 227 Å². The highest BCUT2D eigenvalue weighted by atomic mass is 16.5. The Morgan fingerprint density at radius 1 is 0.524 bits per heavy atom. The summed E-state index contributed by atoms with van der Waals surface area (Å²) in [6.07, 6.45) is 3.07. The molecule has 0 spiro atoms. The molecule has 5 nitrogen and oxygen atoms in total. The molecule has 0 bridgehead atoms. The van der Waals surface area contributed by atoms with Gasteiger partial charge < -0.3 is 19.9 Å². The summed E-state index contributed by atoms with van der Waals surface area (Å²) in [5, 5.41) is 3.50. The maximum absolute atomic E-state index is 9.63. The predicted octanol–water partition coefficient (Wildman–Crippen LogP) is 21.5. The lowest BCUT2D eigenvalue weighted by atomic mass is 9.63. The number of pyridine rings is 1. The van der Waals surface area contributed by atoms with Crippen LogP contribution in [0.4, 0.5) is 34.3 Å². The molecule has 0 fully saturated rings. The normalized spacial score (nSPS) is 15.7. The molecule has 0 radical (unpaired) electrons. The van der Waals surface area contributed by atoms with E-state index < -0.39 is 17.7 Å². The second kappa shape index (κ2) is 21.0. The first-order valence-corrected chi connectivity index (χ1v) is 28.8. The maximum Gasteiger partial charge on any atom is 0.130 e. The molecular weight excluding hydrogens is 997 g/mol. The van der Waals surface area contributed by atoms with Crippen molar-refractivity contribution in [1.82, 2.24) is 4.98 Å². The first kappa shape index (κ1) is 47.0. The number of nitrogens with one attached hydrogen (secondary N) is 1. The molecule has 2 aliphatic rings. The summed E-state index contributed by atoms with van der Waals surface area (Å²) in [6, 6.07) is 67.2. The summed E-state index contributed by atoms with van der Waals surface area (Å²) in [5.74, 6) is 1.62. The lowest BCUT2D eigenvalue weighted by Gasteiger charge is -2.42. The second-order valence-corrected chi connectivity index (χ2v) is 25.5. The van der Waals surface area contributed by atoms with E-state index in [-0.39, 0.29) is 51.5 Å². The van der Waals surface area contributed by atoms with Gasteiger partial charge in [0.2, 0.25) is 0 Å². The molecule has 410 valence electrons. The number of ether oxygens (including phenoxy) is 1. The van der Waals surface area contributed by atoms with E-state index in [9.17, 15) is 4.11 Å². The van der Waals surface area contributed by atoms with E-state index in [4.69, 9.17) is 13.8 Å². The number of fused-ring (bicyclic) bond motifs is 2. The number of aromatic nitrogens is 1. The molecule has 0 unspecified atom stereocenters. The number of nitrogens with zero attached hydrogens (tertiary/aromatic N) is 3. The molecule has 5 heteroatoms. The van der Waals surface area contributed by atoms with Gasteiger partial charge >= 0.3 is 0 Å². The lowest BCUT2D eigenvalue weighted by Crippen LogP contribution is -2.33. The van der Waals surface area contributed by atoms with Crippen molar-refractivity contribution in [2.24, 2.45) is 0 Å². The highest BCUT2D eigenvalue weighted by Crippen LogP contribution is 2.53. The molecule has 9 aromatic carbocycles. The number of anilines is 6. The molecule has 1 N–H and O–H groups in total. The number of benzene rings is 9. The molecule has 10 aromatic rings. The zero-order valence-electron chi connectivity index (χ0n) is 54.9. The molecule has 82 heavy (non-hydrogen) atoms. The van der Waals surface area contributed by atoms with Crippen molar-refractivity contribution >= 4 is 34.3 Å². The van der Waals surface area contributed by atoms with Crippen molar-refractivity contribution in [3.8, 4) is 67.1 Å². The van der Waals surface area contributed by atoms with E-state index in [0.717, 1.165) is 57.8 Å². The lowest BCUT2D eigenvalue weighted by molar-refractivity contribution is 0.332. The molecule has 0 saturated carbocycles. The zero-order valence-corrected chi connectivity index (χ0v) is 48.9. The Morgan fingerprint density at radius 2 is 1.17 bits per heavy atom. The Kier molecular flexibility index (Phi) is 12.0. The third-order valence-corrected chi connectivity index (χ3v) is 16.8. The van der Waals surface area contributed by atoms with Crippen LogP contribution >= 0.6 is 0 Å². The van der Waals surface area contributed by atoms with Crippen LogP contribution in [0.5, 0.6) is 11.5 Å². The largest absolute Gasteiger partial charge is 0.457 e. The minimum absolute atomic E-state index is 0.0315. The third kappa shape index (κ3) is 10.4. The van der Waals surface area contributed by atoms with Gasteiger partial charge in [-0.2, -0.15) is 0 Å². The first-order chi connectivity index (χ1) is 41.8. The molecule has 1 aliphatic heterocycles. The summed E-state index contributed by atoms with van der Waals surface area (Å²) < 4.78 is 61.4. The average Bonchev–Trinajstić information content (AvgIpc) is 1.44. The maximum atomic E-state index is 9.63. The Hall–Kier alpha value is -8.67. The van der Waals surface area contributed by atoms with Crippen molar-refractivity contribution < 1.29 is 13.0 Å². The van der Waals surface area contributed by atoms with Crippen LogP contribution in [0.15, 0.2) is 218 Å². The fourth-order valence-corrected chi connectivity index (χ4v) is 12.1. The molecule has 1 aromatic heterocycles. The fraction of sp³-hybridized carbons (Fsp3) is 0.234. The minimum Gasteiger partial charge on any atom is -0.457 e. The van der Waals surface area contributed by atoms with E-state index in [1.165, 1.54) is 45.6 Å². The Morgan fingerprint density at radius 3 is 1.93 bits per heavy atom. The van der Waals surface area contributed by atoms with E-state index in [1.807, 2.05) is 66.7 Å². The molecular formula is C77H76N4O. The van der Waals surface area contributed by atoms with E-state index in [0.29, 0.717) is 35.0 Å². The van der Waals surface area contributed by atoms with Gasteiger partial charge in [0.25, 0.3) is 0 Å². The van der Waals surface area contributed by atoms with Gasteiger partial charge in [-0.15, -0.1) is 0 Å². The number of para-hydroxylation sites is 3. The van der Waals surface area contributed by atoms with Gasteiger partial charge in [0.05, 0.1) is 21.2 Å². The summed E-state index contributed by atoms with van der Waals surface area (Å²) in [7, 11) is 0. The smallest absolute Gasteiger partial charge is 0.130 e. The van der Waals surface area contributed by atoms with E-state index >= 15 is 0 Å². The quantitative estimate of drug-likeness (QED) is 0.140. The topological polar surface area (TPSA) is 40.6 Å². The highest BCUT2D eigenvalue weighted by molar-refractivity contribution is 5.99. The van der Waals surface area contributed by atoms with Crippen LogP contribution in [0.1, 0.15) is 118 Å². The van der Waals surface area contributed by atoms with Crippen molar-refractivity contribution in [1.29, 1.82) is 0 Å². The first-order valence-electron chi connectivity index (χ1n) is 31.8. The van der Waals surface area contributed by atoms with E-state index in [2.05, 4.69) is 206 Å². The van der Waals surface area contributed by atoms with Crippen LogP contribution in [-0.2, 0) is 21.7 Å². The number of rotatable bonds is 11. The molecule has 0 amide bonds. The molecule has 12 rings (SSSR count). The summed E-state index contributed by atoms with van der Waals surface area (Å²) in [6.45, 7) is 19.9. The Labute approximate surface area is 495 Å². The Balaban J connectivity index is 0.878. The number of hydrogen-bond acceptors (Lipinski definition) is 5. The van der Waals surface area contributed by atoms with Crippen molar-refractivity contribution in [3.63, 3.8) is 0 Å². The van der Waals surface area contributed by atoms with Gasteiger partial charge in [0.1, 0.15) is 24.0 Å². The summed E-state index contributed by atoms with van der Waals surface area (Å²) >= 11 is 0. The van der Waals surface area contributed by atoms with E-state index in [1.54, 1.807) is 0 Å². The molecule has 2 heterocycles. The average molecular weight is 1080 g/mol. The van der Waals surface area contributed by atoms with Gasteiger partial charge in [-0.25, -0.2) is 4.98 Å². The van der Waals surface area contributed by atoms with Crippen LogP contribution in [0.3, 0.4) is 0 Å². The van der Waals surface area contributed by atoms with Gasteiger partial charge in [-0.3, -0.25) is 0 Å². The third-order valence-electron chi connectivity index (χ3n) is 16.8. The minimum atomic E-state index is -2.64. The van der Waals surface area contributed by atoms with Crippen LogP contribution in [0.2, 0.25) is 0 Å². The van der Waals surface area contributed by atoms with Crippen molar-refractivity contribution in [2.75, 3.05) is 21.8 Å². The summed E-state index contributed by atoms with van der Waals surface area (Å²) in [4.78, 5) is 9.67. The second-order valence-electron chi connectivity index (χ2n) is 25.5. The molecule has 0 saturated heterocycles. The molecule has 1 aliphatic carbocycles. The van der Waals surface area contributed by atoms with Crippen LogP contribution < -0.4 is 19.9 Å². The molecule has 0 atom stereocenters.